The van der Waals surface area contributed by atoms with Crippen molar-refractivity contribution in [3.63, 3.8) is 0 Å². The van der Waals surface area contributed by atoms with Crippen molar-refractivity contribution in [3.05, 3.63) is 59.7 Å². The highest BCUT2D eigenvalue weighted by molar-refractivity contribution is 5.92. The molecule has 0 heterocycles. The number of benzene rings is 2. The van der Waals surface area contributed by atoms with Crippen molar-refractivity contribution in [2.45, 2.75) is 13.3 Å². The monoisotopic (exact) mass is 284 g/mol. The van der Waals surface area contributed by atoms with Crippen molar-refractivity contribution in [3.8, 4) is 0 Å². The molecule has 110 valence electrons. The Hall–Kier alpha value is -2.33. The molecule has 0 bridgehead atoms. The molecule has 21 heavy (non-hydrogen) atoms. The minimum Gasteiger partial charge on any atom is -0.399 e. The van der Waals surface area contributed by atoms with Crippen LogP contribution in [0.15, 0.2) is 48.5 Å². The summed E-state index contributed by atoms with van der Waals surface area (Å²) in [4.78, 5) is 11.8. The predicted octanol–water partition coefficient (Wildman–Crippen LogP) is 2.78. The Morgan fingerprint density at radius 2 is 1.95 bits per heavy atom. The van der Waals surface area contributed by atoms with Crippen LogP contribution < -0.4 is 11.1 Å². The summed E-state index contributed by atoms with van der Waals surface area (Å²) in [5.41, 5.74) is 9.26. The molecule has 0 aliphatic rings. The molecule has 2 aromatic carbocycles. The number of nitrogens with one attached hydrogen (secondary N) is 1. The third-order valence-electron chi connectivity index (χ3n) is 3.14. The minimum atomic E-state index is -0.157. The molecule has 0 atom stereocenters. The molecule has 2 aromatic rings. The van der Waals surface area contributed by atoms with Crippen LogP contribution in [0, 0.1) is 6.92 Å². The standard InChI is InChI=1S/C17H20N2O2/c1-13-11-15(18)7-8-16(13)19-17(20)12-21-10-9-14-5-3-2-4-6-14/h2-8,11H,9-10,12,18H2,1H3,(H,19,20). The van der Waals surface area contributed by atoms with Crippen molar-refractivity contribution in [2.24, 2.45) is 0 Å². The first-order valence-electron chi connectivity index (χ1n) is 6.93. The number of amides is 1. The number of anilines is 2. The maximum Gasteiger partial charge on any atom is 0.250 e. The van der Waals surface area contributed by atoms with Gasteiger partial charge in [-0.05, 0) is 42.7 Å². The van der Waals surface area contributed by atoms with Crippen LogP contribution in [0.3, 0.4) is 0 Å². The van der Waals surface area contributed by atoms with Gasteiger partial charge in [0.1, 0.15) is 6.61 Å². The first-order valence-corrected chi connectivity index (χ1v) is 6.93. The van der Waals surface area contributed by atoms with E-state index >= 15 is 0 Å². The van der Waals surface area contributed by atoms with Gasteiger partial charge in [-0.25, -0.2) is 0 Å². The number of carbonyl (C=O) groups excluding carboxylic acids is 1. The summed E-state index contributed by atoms with van der Waals surface area (Å²) in [6.45, 7) is 2.48. The zero-order valence-corrected chi connectivity index (χ0v) is 12.1. The van der Waals surface area contributed by atoms with Crippen molar-refractivity contribution in [2.75, 3.05) is 24.3 Å². The Bertz CT molecular complexity index is 597. The van der Waals surface area contributed by atoms with Crippen LogP contribution in [0.4, 0.5) is 11.4 Å². The molecule has 0 aliphatic heterocycles. The first kappa shape index (κ1) is 15.1. The van der Waals surface area contributed by atoms with Gasteiger partial charge in [0.15, 0.2) is 0 Å². The molecule has 0 spiro atoms. The average molecular weight is 284 g/mol. The molecule has 0 saturated carbocycles. The van der Waals surface area contributed by atoms with Gasteiger partial charge in [-0.1, -0.05) is 30.3 Å². The highest BCUT2D eigenvalue weighted by Crippen LogP contribution is 2.17. The molecular weight excluding hydrogens is 264 g/mol. The zero-order chi connectivity index (χ0) is 15.1. The molecule has 0 unspecified atom stereocenters. The maximum atomic E-state index is 11.8. The highest BCUT2D eigenvalue weighted by Gasteiger charge is 2.05. The van der Waals surface area contributed by atoms with E-state index in [9.17, 15) is 4.79 Å². The second-order valence-electron chi connectivity index (χ2n) is 4.91. The zero-order valence-electron chi connectivity index (χ0n) is 12.1. The van der Waals surface area contributed by atoms with Crippen LogP contribution in [0.2, 0.25) is 0 Å². The van der Waals surface area contributed by atoms with Crippen molar-refractivity contribution >= 4 is 17.3 Å². The molecule has 0 aliphatic carbocycles. The normalized spacial score (nSPS) is 10.3. The van der Waals surface area contributed by atoms with Crippen molar-refractivity contribution < 1.29 is 9.53 Å². The van der Waals surface area contributed by atoms with Gasteiger partial charge < -0.3 is 15.8 Å². The summed E-state index contributed by atoms with van der Waals surface area (Å²) >= 11 is 0. The summed E-state index contributed by atoms with van der Waals surface area (Å²) < 4.78 is 5.40. The fourth-order valence-corrected chi connectivity index (χ4v) is 2.01. The fraction of sp³-hybridized carbons (Fsp3) is 0.235. The SMILES string of the molecule is Cc1cc(N)ccc1NC(=O)COCCc1ccccc1. The topological polar surface area (TPSA) is 64.3 Å². The molecule has 0 fully saturated rings. The molecule has 4 heteroatoms. The molecule has 0 aromatic heterocycles. The number of hydrogen-bond acceptors (Lipinski definition) is 3. The number of nitrogens with two attached hydrogens (primary N) is 1. The van der Waals surface area contributed by atoms with E-state index in [-0.39, 0.29) is 12.5 Å². The number of aryl methyl sites for hydroxylation is 1. The van der Waals surface area contributed by atoms with E-state index < -0.39 is 0 Å². The summed E-state index contributed by atoms with van der Waals surface area (Å²) in [5, 5.41) is 2.82. The van der Waals surface area contributed by atoms with Crippen LogP contribution >= 0.6 is 0 Å². The second kappa shape index (κ2) is 7.45. The van der Waals surface area contributed by atoms with Gasteiger partial charge >= 0.3 is 0 Å². The lowest BCUT2D eigenvalue weighted by molar-refractivity contribution is -0.120. The molecule has 2 rings (SSSR count). The third-order valence-corrected chi connectivity index (χ3v) is 3.14. The van der Waals surface area contributed by atoms with Crippen LogP contribution in [0.25, 0.3) is 0 Å². The fourth-order valence-electron chi connectivity index (χ4n) is 2.01. The van der Waals surface area contributed by atoms with Gasteiger partial charge in [-0.15, -0.1) is 0 Å². The summed E-state index contributed by atoms with van der Waals surface area (Å²) in [7, 11) is 0. The van der Waals surface area contributed by atoms with E-state index in [1.165, 1.54) is 5.56 Å². The minimum absolute atomic E-state index is 0.0522. The van der Waals surface area contributed by atoms with Crippen molar-refractivity contribution in [1.82, 2.24) is 0 Å². The smallest absolute Gasteiger partial charge is 0.250 e. The summed E-state index contributed by atoms with van der Waals surface area (Å²) in [6.07, 6.45) is 0.801. The number of nitrogen functional groups attached to an aromatic ring is 1. The van der Waals surface area contributed by atoms with E-state index in [2.05, 4.69) is 5.32 Å². The Balaban J connectivity index is 1.72. The maximum absolute atomic E-state index is 11.8. The second-order valence-corrected chi connectivity index (χ2v) is 4.91. The van der Waals surface area contributed by atoms with Gasteiger partial charge in [0.25, 0.3) is 0 Å². The Morgan fingerprint density at radius 1 is 1.19 bits per heavy atom. The lowest BCUT2D eigenvalue weighted by Gasteiger charge is -2.09. The third kappa shape index (κ3) is 4.93. The number of hydrogen-bond donors (Lipinski definition) is 2. The predicted molar refractivity (Wildman–Crippen MR) is 85.2 cm³/mol. The number of ether oxygens (including phenoxy) is 1. The van der Waals surface area contributed by atoms with Crippen LogP contribution in [-0.4, -0.2) is 19.1 Å². The molecule has 1 amide bonds. The Kier molecular flexibility index (Phi) is 5.35. The largest absolute Gasteiger partial charge is 0.399 e. The van der Waals surface area contributed by atoms with Crippen molar-refractivity contribution in [1.29, 1.82) is 0 Å². The molecule has 4 nitrogen and oxygen atoms in total. The van der Waals surface area contributed by atoms with E-state index in [1.807, 2.05) is 43.3 Å². The van der Waals surface area contributed by atoms with E-state index in [1.54, 1.807) is 12.1 Å². The Morgan fingerprint density at radius 3 is 2.67 bits per heavy atom. The molecule has 0 radical (unpaired) electrons. The van der Waals surface area contributed by atoms with Gasteiger partial charge in [0.2, 0.25) is 5.91 Å². The quantitative estimate of drug-likeness (QED) is 0.633. The van der Waals surface area contributed by atoms with E-state index in [4.69, 9.17) is 10.5 Å². The lowest BCUT2D eigenvalue weighted by Crippen LogP contribution is -2.19. The molecular formula is C17H20N2O2. The number of carbonyl (C=O) groups is 1. The summed E-state index contributed by atoms with van der Waals surface area (Å²) in [5.74, 6) is -0.157. The highest BCUT2D eigenvalue weighted by atomic mass is 16.5. The summed E-state index contributed by atoms with van der Waals surface area (Å²) in [6, 6.07) is 15.4. The lowest BCUT2D eigenvalue weighted by atomic mass is 10.2. The van der Waals surface area contributed by atoms with Gasteiger partial charge in [-0.3, -0.25) is 4.79 Å². The van der Waals surface area contributed by atoms with Gasteiger partial charge in [0.05, 0.1) is 6.61 Å². The van der Waals surface area contributed by atoms with E-state index in [0.29, 0.717) is 12.3 Å². The molecule has 3 N–H and O–H groups in total. The van der Waals surface area contributed by atoms with Gasteiger partial charge in [0, 0.05) is 11.4 Å². The Labute approximate surface area is 124 Å². The average Bonchev–Trinajstić information content (AvgIpc) is 2.48. The van der Waals surface area contributed by atoms with Crippen LogP contribution in [0.1, 0.15) is 11.1 Å². The number of rotatable bonds is 6. The molecule has 0 saturated heterocycles. The first-order chi connectivity index (χ1) is 10.1. The van der Waals surface area contributed by atoms with Crippen LogP contribution in [0.5, 0.6) is 0 Å². The van der Waals surface area contributed by atoms with Crippen LogP contribution in [-0.2, 0) is 16.0 Å². The van der Waals surface area contributed by atoms with E-state index in [0.717, 1.165) is 17.7 Å². The van der Waals surface area contributed by atoms with Gasteiger partial charge in [-0.2, -0.15) is 0 Å².